The topological polar surface area (TPSA) is 46.1 Å². The molecule has 6 heavy (non-hydrogen) atoms. The van der Waals surface area contributed by atoms with Crippen LogP contribution in [0.15, 0.2) is 0 Å². The number of hydrogen-bond donors (Lipinski definition) is 0. The zero-order chi connectivity index (χ0) is 3.58. The Morgan fingerprint density at radius 2 is 1.17 bits per heavy atom. The SMILES string of the molecule is C[As]([O-])[O-].[Na+].[Na+]. The maximum Gasteiger partial charge on any atom is 1.00 e. The molecule has 0 saturated carbocycles. The summed E-state index contributed by atoms with van der Waals surface area (Å²) in [7, 11) is 0. The smallest absolute Gasteiger partial charge is 1.00 e. The van der Waals surface area contributed by atoms with Crippen LogP contribution in [-0.2, 0) is 0 Å². The normalized spacial score (nSPS) is 6.00. The molecular formula is CH3AsNa2O2. The van der Waals surface area contributed by atoms with Crippen LogP contribution in [-0.4, -0.2) is 15.3 Å². The number of hydrogen-bond acceptors (Lipinski definition) is 2. The van der Waals surface area contributed by atoms with Gasteiger partial charge in [-0.3, -0.25) is 0 Å². The maximum atomic E-state index is 9.12. The van der Waals surface area contributed by atoms with Crippen molar-refractivity contribution in [2.45, 2.75) is 5.71 Å². The molecule has 0 unspecified atom stereocenters. The van der Waals surface area contributed by atoms with E-state index in [1.807, 2.05) is 0 Å². The van der Waals surface area contributed by atoms with Gasteiger partial charge in [-0.1, -0.05) is 0 Å². The van der Waals surface area contributed by atoms with Crippen LogP contribution < -0.4 is 67.3 Å². The average molecular weight is 168 g/mol. The third-order valence-electron chi connectivity index (χ3n) is 0. The fraction of sp³-hybridized carbons (Fsp3) is 1.00. The molecule has 26 valence electrons. The molecule has 0 fully saturated rings. The van der Waals surface area contributed by atoms with Crippen LogP contribution in [0, 0.1) is 0 Å². The Morgan fingerprint density at radius 1 is 1.17 bits per heavy atom. The first-order valence-electron chi connectivity index (χ1n) is 0.812. The van der Waals surface area contributed by atoms with Gasteiger partial charge in [0.1, 0.15) is 0 Å². The van der Waals surface area contributed by atoms with Gasteiger partial charge in [0, 0.05) is 0 Å². The van der Waals surface area contributed by atoms with Crippen LogP contribution in [0.3, 0.4) is 0 Å². The van der Waals surface area contributed by atoms with E-state index in [1.165, 1.54) is 5.71 Å². The molecule has 0 bridgehead atoms. The molecule has 0 N–H and O–H groups in total. The fourth-order valence-corrected chi connectivity index (χ4v) is 0. The second kappa shape index (κ2) is 10.5. The van der Waals surface area contributed by atoms with Crippen LogP contribution in [0.1, 0.15) is 0 Å². The summed E-state index contributed by atoms with van der Waals surface area (Å²) < 4.78 is 18.2. The molecule has 0 aliphatic heterocycles. The Balaban J connectivity index is -0.0000000450. The minimum absolute atomic E-state index is 0. The molecule has 0 saturated heterocycles. The molecule has 0 aromatic heterocycles. The van der Waals surface area contributed by atoms with Crippen molar-refractivity contribution in [3.63, 3.8) is 0 Å². The quantitative estimate of drug-likeness (QED) is 0.337. The molecule has 0 rings (SSSR count). The van der Waals surface area contributed by atoms with Gasteiger partial charge >= 0.3 is 88.4 Å². The van der Waals surface area contributed by atoms with Crippen molar-refractivity contribution in [1.29, 1.82) is 0 Å². The summed E-state index contributed by atoms with van der Waals surface area (Å²) >= 11 is -2.69. The van der Waals surface area contributed by atoms with Crippen molar-refractivity contribution in [3.8, 4) is 0 Å². The molecule has 0 aliphatic carbocycles. The third-order valence-corrected chi connectivity index (χ3v) is 0. The molecule has 0 heterocycles. The summed E-state index contributed by atoms with van der Waals surface area (Å²) in [4.78, 5) is 0. The van der Waals surface area contributed by atoms with E-state index in [0.717, 1.165) is 0 Å². The first kappa shape index (κ1) is 15.8. The van der Waals surface area contributed by atoms with E-state index in [0.29, 0.717) is 0 Å². The summed E-state index contributed by atoms with van der Waals surface area (Å²) in [5, 5.41) is 0. The van der Waals surface area contributed by atoms with Gasteiger partial charge in [0.25, 0.3) is 0 Å². The predicted molar refractivity (Wildman–Crippen MR) is 11.6 cm³/mol. The van der Waals surface area contributed by atoms with Crippen molar-refractivity contribution in [3.05, 3.63) is 0 Å². The first-order chi connectivity index (χ1) is 1.73. The average Bonchev–Trinajstić information content (AvgIpc) is 0.811. The first-order valence-corrected chi connectivity index (χ1v) is 4.22. The third kappa shape index (κ3) is 31.7. The second-order valence-electron chi connectivity index (χ2n) is 0.440. The van der Waals surface area contributed by atoms with Crippen molar-refractivity contribution >= 4 is 15.3 Å². The summed E-state index contributed by atoms with van der Waals surface area (Å²) in [6, 6.07) is 0. The maximum absolute atomic E-state index is 9.12. The van der Waals surface area contributed by atoms with Crippen molar-refractivity contribution < 1.29 is 67.3 Å². The van der Waals surface area contributed by atoms with Gasteiger partial charge in [-0.15, -0.1) is 0 Å². The zero-order valence-corrected chi connectivity index (χ0v) is 10.1. The van der Waals surface area contributed by atoms with E-state index in [-0.39, 0.29) is 59.1 Å². The fourth-order valence-electron chi connectivity index (χ4n) is 0. The van der Waals surface area contributed by atoms with Gasteiger partial charge in [0.2, 0.25) is 0 Å². The Morgan fingerprint density at radius 3 is 1.17 bits per heavy atom. The minimum Gasteiger partial charge on any atom is 1.00 e. The van der Waals surface area contributed by atoms with Crippen molar-refractivity contribution in [1.82, 2.24) is 0 Å². The molecule has 5 heteroatoms. The standard InChI is InChI=1S/CH3AsO2.2Na/c1-2(3)4;;/h1H3;;/q-2;2*+1. The molecule has 0 atom stereocenters. The predicted octanol–water partition coefficient (Wildman–Crippen LogP) is -8.17. The molecule has 0 aromatic carbocycles. The number of rotatable bonds is 0. The van der Waals surface area contributed by atoms with Crippen LogP contribution >= 0.6 is 0 Å². The van der Waals surface area contributed by atoms with E-state index < -0.39 is 15.3 Å². The van der Waals surface area contributed by atoms with Gasteiger partial charge in [0.15, 0.2) is 0 Å². The van der Waals surface area contributed by atoms with Gasteiger partial charge in [0.05, 0.1) is 0 Å². The van der Waals surface area contributed by atoms with Gasteiger partial charge in [-0.2, -0.15) is 0 Å². The minimum atomic E-state index is -2.69. The van der Waals surface area contributed by atoms with Gasteiger partial charge in [-0.25, -0.2) is 0 Å². The summed E-state index contributed by atoms with van der Waals surface area (Å²) in [6.45, 7) is 0. The molecule has 0 aliphatic rings. The molecule has 0 amide bonds. The zero-order valence-electron chi connectivity index (χ0n) is 4.26. The Bertz CT molecular complexity index is 16.3. The summed E-state index contributed by atoms with van der Waals surface area (Å²) in [5.74, 6) is 0. The van der Waals surface area contributed by atoms with E-state index in [9.17, 15) is 0 Å². The Kier molecular flexibility index (Phi) is 27.5. The van der Waals surface area contributed by atoms with E-state index >= 15 is 0 Å². The molecule has 0 spiro atoms. The van der Waals surface area contributed by atoms with Crippen LogP contribution in [0.4, 0.5) is 0 Å². The Hall–Kier alpha value is 2.48. The largest absolute Gasteiger partial charge is 1.00 e. The van der Waals surface area contributed by atoms with E-state index in [4.69, 9.17) is 8.19 Å². The summed E-state index contributed by atoms with van der Waals surface area (Å²) in [6.07, 6.45) is 0. The van der Waals surface area contributed by atoms with Crippen molar-refractivity contribution in [2.24, 2.45) is 0 Å². The molecule has 0 radical (unpaired) electrons. The Labute approximate surface area is 86.9 Å². The molecule has 0 aromatic rings. The van der Waals surface area contributed by atoms with Crippen molar-refractivity contribution in [2.75, 3.05) is 0 Å². The van der Waals surface area contributed by atoms with Crippen LogP contribution in [0.5, 0.6) is 0 Å². The van der Waals surface area contributed by atoms with Gasteiger partial charge < -0.3 is 0 Å². The van der Waals surface area contributed by atoms with Crippen LogP contribution in [0.25, 0.3) is 0 Å². The molecular weight excluding hydrogens is 165 g/mol. The summed E-state index contributed by atoms with van der Waals surface area (Å²) in [5.41, 5.74) is 1.20. The monoisotopic (exact) mass is 168 g/mol. The van der Waals surface area contributed by atoms with Gasteiger partial charge in [-0.05, 0) is 0 Å². The van der Waals surface area contributed by atoms with E-state index in [2.05, 4.69) is 0 Å². The molecule has 2 nitrogen and oxygen atoms in total. The van der Waals surface area contributed by atoms with E-state index in [1.54, 1.807) is 0 Å². The van der Waals surface area contributed by atoms with Crippen LogP contribution in [0.2, 0.25) is 5.71 Å². The second-order valence-corrected chi connectivity index (χ2v) is 2.28.